The van der Waals surface area contributed by atoms with E-state index in [1.54, 1.807) is 13.3 Å². The second kappa shape index (κ2) is 5.63. The van der Waals surface area contributed by atoms with Crippen molar-refractivity contribution in [3.63, 3.8) is 0 Å². The summed E-state index contributed by atoms with van der Waals surface area (Å²) >= 11 is 4.87. The number of aromatic nitrogens is 1. The van der Waals surface area contributed by atoms with Gasteiger partial charge in [0.1, 0.15) is 5.75 Å². The normalized spacial score (nSPS) is 10.4. The summed E-state index contributed by atoms with van der Waals surface area (Å²) < 4.78 is 6.07. The number of Topliss-reactive ketones (excluding diaryl/α,β-unsaturated/α-hetero) is 1. The van der Waals surface area contributed by atoms with Crippen LogP contribution in [-0.2, 0) is 6.42 Å². The highest BCUT2D eigenvalue weighted by molar-refractivity contribution is 9.10. The number of benzene rings is 1. The van der Waals surface area contributed by atoms with E-state index < -0.39 is 0 Å². The fourth-order valence-corrected chi connectivity index (χ4v) is 2.67. The van der Waals surface area contributed by atoms with Gasteiger partial charge in [-0.3, -0.25) is 4.79 Å². The molecule has 1 aromatic heterocycles. The van der Waals surface area contributed by atoms with Crippen LogP contribution in [0.4, 0.5) is 0 Å². The minimum absolute atomic E-state index is 0.0783. The molecule has 0 N–H and O–H groups in total. The first kappa shape index (κ1) is 13.2. The highest BCUT2D eigenvalue weighted by Crippen LogP contribution is 2.24. The molecule has 2 rings (SSSR count). The van der Waals surface area contributed by atoms with Crippen molar-refractivity contribution in [1.29, 1.82) is 0 Å². The third kappa shape index (κ3) is 2.97. The van der Waals surface area contributed by atoms with Gasteiger partial charge < -0.3 is 4.74 Å². The van der Waals surface area contributed by atoms with Gasteiger partial charge in [-0.2, -0.15) is 0 Å². The van der Waals surface area contributed by atoms with Crippen LogP contribution in [0.15, 0.2) is 28.9 Å². The molecule has 94 valence electrons. The molecule has 1 aromatic carbocycles. The van der Waals surface area contributed by atoms with Gasteiger partial charge in [0, 0.05) is 17.1 Å². The predicted octanol–water partition coefficient (Wildman–Crippen LogP) is 3.65. The van der Waals surface area contributed by atoms with Gasteiger partial charge in [0.15, 0.2) is 5.78 Å². The summed E-state index contributed by atoms with van der Waals surface area (Å²) in [5.41, 5.74) is 0.922. The molecule has 0 unspecified atom stereocenters. The van der Waals surface area contributed by atoms with Crippen molar-refractivity contribution in [2.45, 2.75) is 13.3 Å². The summed E-state index contributed by atoms with van der Waals surface area (Å²) in [6.07, 6.45) is 1.98. The number of aryl methyl sites for hydroxylation is 1. The van der Waals surface area contributed by atoms with Gasteiger partial charge in [-0.25, -0.2) is 4.98 Å². The number of nitrogens with zero attached hydrogens (tertiary/aromatic N) is 1. The van der Waals surface area contributed by atoms with Crippen molar-refractivity contribution in [2.24, 2.45) is 0 Å². The molecule has 0 spiro atoms. The van der Waals surface area contributed by atoms with Crippen LogP contribution in [-0.4, -0.2) is 17.9 Å². The van der Waals surface area contributed by atoms with Crippen LogP contribution in [0.2, 0.25) is 0 Å². The SMILES string of the molecule is COc1ccc(Br)c(CC(=O)c2cnc(C)s2)c1. The van der Waals surface area contributed by atoms with Gasteiger partial charge in [-0.1, -0.05) is 15.9 Å². The van der Waals surface area contributed by atoms with Crippen molar-refractivity contribution in [3.8, 4) is 5.75 Å². The summed E-state index contributed by atoms with van der Waals surface area (Å²) in [6, 6.07) is 5.62. The Kier molecular flexibility index (Phi) is 4.14. The van der Waals surface area contributed by atoms with Gasteiger partial charge in [0.2, 0.25) is 0 Å². The number of methoxy groups -OCH3 is 1. The average Bonchev–Trinajstić information content (AvgIpc) is 2.79. The first-order chi connectivity index (χ1) is 8.60. The highest BCUT2D eigenvalue weighted by atomic mass is 79.9. The molecule has 2 aromatic rings. The monoisotopic (exact) mass is 325 g/mol. The van der Waals surface area contributed by atoms with E-state index in [9.17, 15) is 4.79 Å². The van der Waals surface area contributed by atoms with Crippen LogP contribution < -0.4 is 4.74 Å². The molecule has 0 fully saturated rings. The number of carbonyl (C=O) groups is 1. The van der Waals surface area contributed by atoms with E-state index in [1.165, 1.54) is 11.3 Å². The van der Waals surface area contributed by atoms with E-state index in [4.69, 9.17) is 4.74 Å². The topological polar surface area (TPSA) is 39.2 Å². The van der Waals surface area contributed by atoms with Crippen LogP contribution in [0.5, 0.6) is 5.75 Å². The van der Waals surface area contributed by atoms with Crippen LogP contribution >= 0.6 is 27.3 Å². The number of halogens is 1. The van der Waals surface area contributed by atoms with E-state index >= 15 is 0 Å². The van der Waals surface area contributed by atoms with Crippen molar-refractivity contribution >= 4 is 33.0 Å². The van der Waals surface area contributed by atoms with Crippen LogP contribution in [0.3, 0.4) is 0 Å². The lowest BCUT2D eigenvalue weighted by Gasteiger charge is -2.06. The number of thiazole rings is 1. The fraction of sp³-hybridized carbons (Fsp3) is 0.231. The summed E-state index contributed by atoms with van der Waals surface area (Å²) in [4.78, 5) is 16.9. The van der Waals surface area contributed by atoms with Gasteiger partial charge >= 0.3 is 0 Å². The lowest BCUT2D eigenvalue weighted by molar-refractivity contribution is 0.0996. The lowest BCUT2D eigenvalue weighted by Crippen LogP contribution is -2.02. The predicted molar refractivity (Wildman–Crippen MR) is 75.6 cm³/mol. The maximum absolute atomic E-state index is 12.1. The molecule has 0 saturated carbocycles. The Labute approximate surface area is 118 Å². The number of rotatable bonds is 4. The van der Waals surface area contributed by atoms with Crippen molar-refractivity contribution < 1.29 is 9.53 Å². The van der Waals surface area contributed by atoms with Gasteiger partial charge in [-0.05, 0) is 30.7 Å². The average molecular weight is 326 g/mol. The van der Waals surface area contributed by atoms with Gasteiger partial charge in [-0.15, -0.1) is 11.3 Å². The molecule has 0 aliphatic heterocycles. The molecular formula is C13H12BrNO2S. The third-order valence-corrected chi connectivity index (χ3v) is 4.23. The molecule has 5 heteroatoms. The molecular weight excluding hydrogens is 314 g/mol. The second-order valence-corrected chi connectivity index (χ2v) is 5.89. The smallest absolute Gasteiger partial charge is 0.178 e. The lowest BCUT2D eigenvalue weighted by atomic mass is 10.1. The number of hydrogen-bond acceptors (Lipinski definition) is 4. The second-order valence-electron chi connectivity index (χ2n) is 3.80. The third-order valence-electron chi connectivity index (χ3n) is 2.50. The minimum atomic E-state index is 0.0783. The van der Waals surface area contributed by atoms with E-state index in [0.717, 1.165) is 20.8 Å². The summed E-state index contributed by atoms with van der Waals surface area (Å²) in [5.74, 6) is 0.830. The molecule has 0 radical (unpaired) electrons. The quantitative estimate of drug-likeness (QED) is 0.805. The number of ether oxygens (including phenoxy) is 1. The highest BCUT2D eigenvalue weighted by Gasteiger charge is 2.12. The molecule has 0 saturated heterocycles. The molecule has 18 heavy (non-hydrogen) atoms. The van der Waals surface area contributed by atoms with Crippen LogP contribution in [0.1, 0.15) is 20.2 Å². The molecule has 0 bridgehead atoms. The number of ketones is 1. The standard InChI is InChI=1S/C13H12BrNO2S/c1-8-15-7-13(18-8)12(16)6-9-5-10(17-2)3-4-11(9)14/h3-5,7H,6H2,1-2H3. The van der Waals surface area contributed by atoms with E-state index in [1.807, 2.05) is 25.1 Å². The Hall–Kier alpha value is -1.20. The summed E-state index contributed by atoms with van der Waals surface area (Å²) in [6.45, 7) is 1.89. The van der Waals surface area contributed by atoms with E-state index in [2.05, 4.69) is 20.9 Å². The molecule has 1 heterocycles. The molecule has 0 aliphatic rings. The zero-order valence-electron chi connectivity index (χ0n) is 10.1. The number of hydrogen-bond donors (Lipinski definition) is 0. The summed E-state index contributed by atoms with van der Waals surface area (Å²) in [7, 11) is 1.61. The summed E-state index contributed by atoms with van der Waals surface area (Å²) in [5, 5.41) is 0.906. The molecule has 0 atom stereocenters. The van der Waals surface area contributed by atoms with Crippen molar-refractivity contribution in [1.82, 2.24) is 4.98 Å². The number of carbonyl (C=O) groups excluding carboxylic acids is 1. The van der Waals surface area contributed by atoms with E-state index in [0.29, 0.717) is 11.3 Å². The molecule has 0 aliphatic carbocycles. The van der Waals surface area contributed by atoms with Crippen molar-refractivity contribution in [3.05, 3.63) is 44.3 Å². The van der Waals surface area contributed by atoms with Crippen molar-refractivity contribution in [2.75, 3.05) is 7.11 Å². The molecule has 0 amide bonds. The zero-order chi connectivity index (χ0) is 13.1. The fourth-order valence-electron chi connectivity index (χ4n) is 1.56. The largest absolute Gasteiger partial charge is 0.497 e. The van der Waals surface area contributed by atoms with Gasteiger partial charge in [0.25, 0.3) is 0 Å². The molecule has 3 nitrogen and oxygen atoms in total. The van der Waals surface area contributed by atoms with E-state index in [-0.39, 0.29) is 5.78 Å². The Morgan fingerprint density at radius 1 is 1.50 bits per heavy atom. The first-order valence-corrected chi connectivity index (χ1v) is 6.99. The van der Waals surface area contributed by atoms with Crippen LogP contribution in [0.25, 0.3) is 0 Å². The maximum atomic E-state index is 12.1. The Morgan fingerprint density at radius 2 is 2.28 bits per heavy atom. The van der Waals surface area contributed by atoms with Gasteiger partial charge in [0.05, 0.1) is 17.0 Å². The minimum Gasteiger partial charge on any atom is -0.497 e. The Bertz CT molecular complexity index is 580. The zero-order valence-corrected chi connectivity index (χ0v) is 12.5. The maximum Gasteiger partial charge on any atom is 0.178 e. The van der Waals surface area contributed by atoms with Crippen LogP contribution in [0, 0.1) is 6.92 Å². The Balaban J connectivity index is 2.21. The first-order valence-electron chi connectivity index (χ1n) is 5.38. The Morgan fingerprint density at radius 3 is 2.89 bits per heavy atom.